The predicted octanol–water partition coefficient (Wildman–Crippen LogP) is 2.50. The number of carboxylic acids is 1. The predicted molar refractivity (Wildman–Crippen MR) is 68.0 cm³/mol. The normalized spacial score (nSPS) is 14.0. The van der Waals surface area contributed by atoms with Gasteiger partial charge >= 0.3 is 12.1 Å². The standard InChI is InChI=1S/C12H12F3N3O4/c13-12(14,15)8-4-6(3-7(5-8)11(21)22)10(20)9(19)1-2-17-18-16/h3-5,9-10,19-20H,1-2H2,(H,21,22). The van der Waals surface area contributed by atoms with Crippen molar-refractivity contribution in [1.29, 1.82) is 0 Å². The average molecular weight is 319 g/mol. The van der Waals surface area contributed by atoms with Crippen LogP contribution in [0.3, 0.4) is 0 Å². The Balaban J connectivity index is 3.14. The number of hydrogen-bond acceptors (Lipinski definition) is 4. The van der Waals surface area contributed by atoms with Gasteiger partial charge in [-0.15, -0.1) is 0 Å². The molecule has 22 heavy (non-hydrogen) atoms. The Kier molecular flexibility index (Phi) is 5.75. The summed E-state index contributed by atoms with van der Waals surface area (Å²) in [5.74, 6) is -1.59. The monoisotopic (exact) mass is 319 g/mol. The second-order valence-electron chi connectivity index (χ2n) is 4.40. The molecule has 2 unspecified atom stereocenters. The van der Waals surface area contributed by atoms with Crippen molar-refractivity contribution in [3.63, 3.8) is 0 Å². The molecule has 0 aliphatic rings. The SMILES string of the molecule is [N-]=[N+]=NCCC(O)C(O)c1cc(C(=O)O)cc(C(F)(F)F)c1. The van der Waals surface area contributed by atoms with Gasteiger partial charge in [0.15, 0.2) is 0 Å². The Labute approximate surface area is 122 Å². The number of benzene rings is 1. The molecular formula is C12H12F3N3O4. The van der Waals surface area contributed by atoms with Crippen molar-refractivity contribution >= 4 is 5.97 Å². The summed E-state index contributed by atoms with van der Waals surface area (Å²) in [5.41, 5.74) is 5.79. The van der Waals surface area contributed by atoms with Gasteiger partial charge in [-0.25, -0.2) is 4.79 Å². The Morgan fingerprint density at radius 2 is 1.95 bits per heavy atom. The van der Waals surface area contributed by atoms with Crippen molar-refractivity contribution in [3.8, 4) is 0 Å². The molecule has 2 atom stereocenters. The Morgan fingerprint density at radius 3 is 2.45 bits per heavy atom. The first-order chi connectivity index (χ1) is 10.2. The molecule has 0 aromatic heterocycles. The number of aliphatic hydroxyl groups excluding tert-OH is 2. The summed E-state index contributed by atoms with van der Waals surface area (Å²) in [6.07, 6.45) is -8.23. The van der Waals surface area contributed by atoms with E-state index in [1.807, 2.05) is 0 Å². The largest absolute Gasteiger partial charge is 0.478 e. The van der Waals surface area contributed by atoms with Crippen LogP contribution >= 0.6 is 0 Å². The van der Waals surface area contributed by atoms with E-state index in [0.717, 1.165) is 6.07 Å². The molecule has 7 nitrogen and oxygen atoms in total. The van der Waals surface area contributed by atoms with E-state index in [9.17, 15) is 28.2 Å². The number of alkyl halides is 3. The van der Waals surface area contributed by atoms with E-state index < -0.39 is 35.5 Å². The molecule has 0 aliphatic carbocycles. The summed E-state index contributed by atoms with van der Waals surface area (Å²) in [6.45, 7) is -0.167. The highest BCUT2D eigenvalue weighted by atomic mass is 19.4. The molecule has 3 N–H and O–H groups in total. The Hall–Kier alpha value is -2.29. The van der Waals surface area contributed by atoms with Crippen LogP contribution in [0.15, 0.2) is 23.3 Å². The van der Waals surface area contributed by atoms with Crippen LogP contribution < -0.4 is 0 Å². The van der Waals surface area contributed by atoms with Crippen molar-refractivity contribution in [3.05, 3.63) is 45.3 Å². The van der Waals surface area contributed by atoms with Gasteiger partial charge in [0.25, 0.3) is 0 Å². The molecule has 0 amide bonds. The second-order valence-corrected chi connectivity index (χ2v) is 4.40. The minimum absolute atomic E-state index is 0.167. The highest BCUT2D eigenvalue weighted by Crippen LogP contribution is 2.33. The first kappa shape index (κ1) is 17.8. The number of nitrogens with zero attached hydrogens (tertiary/aromatic N) is 3. The quantitative estimate of drug-likeness (QED) is 0.423. The number of carboxylic acid groups (broad SMARTS) is 1. The molecular weight excluding hydrogens is 307 g/mol. The van der Waals surface area contributed by atoms with E-state index in [1.54, 1.807) is 0 Å². The van der Waals surface area contributed by atoms with Crippen molar-refractivity contribution in [2.75, 3.05) is 6.54 Å². The maximum Gasteiger partial charge on any atom is 0.416 e. The molecule has 0 radical (unpaired) electrons. The van der Waals surface area contributed by atoms with Crippen LogP contribution in [0, 0.1) is 0 Å². The maximum atomic E-state index is 12.7. The minimum atomic E-state index is -4.80. The molecule has 1 aromatic carbocycles. The third-order valence-corrected chi connectivity index (χ3v) is 2.82. The van der Waals surface area contributed by atoms with E-state index in [1.165, 1.54) is 0 Å². The van der Waals surface area contributed by atoms with Gasteiger partial charge in [-0.2, -0.15) is 13.2 Å². The molecule has 0 saturated heterocycles. The van der Waals surface area contributed by atoms with Gasteiger partial charge in [0.2, 0.25) is 0 Å². The highest BCUT2D eigenvalue weighted by molar-refractivity contribution is 5.88. The molecule has 1 rings (SSSR count). The van der Waals surface area contributed by atoms with E-state index in [2.05, 4.69) is 10.0 Å². The number of halogens is 3. The number of hydrogen-bond donors (Lipinski definition) is 3. The highest BCUT2D eigenvalue weighted by Gasteiger charge is 2.33. The van der Waals surface area contributed by atoms with E-state index >= 15 is 0 Å². The summed E-state index contributed by atoms with van der Waals surface area (Å²) in [7, 11) is 0. The minimum Gasteiger partial charge on any atom is -0.478 e. The number of azide groups is 1. The lowest BCUT2D eigenvalue weighted by Gasteiger charge is -2.19. The van der Waals surface area contributed by atoms with Crippen LogP contribution in [0.25, 0.3) is 10.4 Å². The van der Waals surface area contributed by atoms with E-state index in [0.29, 0.717) is 12.1 Å². The zero-order chi connectivity index (χ0) is 16.9. The molecule has 120 valence electrons. The molecule has 0 heterocycles. The van der Waals surface area contributed by atoms with Crippen LogP contribution in [0.1, 0.15) is 34.0 Å². The zero-order valence-electron chi connectivity index (χ0n) is 11.0. The van der Waals surface area contributed by atoms with E-state index in [4.69, 9.17) is 10.6 Å². The fraction of sp³-hybridized carbons (Fsp3) is 0.417. The van der Waals surface area contributed by atoms with Gasteiger partial charge < -0.3 is 15.3 Å². The first-order valence-electron chi connectivity index (χ1n) is 5.99. The third kappa shape index (κ3) is 4.62. The molecule has 0 saturated carbocycles. The lowest BCUT2D eigenvalue weighted by Crippen LogP contribution is -2.20. The topological polar surface area (TPSA) is 127 Å². The van der Waals surface area contributed by atoms with Gasteiger partial charge in [-0.05, 0) is 35.7 Å². The molecule has 1 aromatic rings. The average Bonchev–Trinajstić information content (AvgIpc) is 2.45. The smallest absolute Gasteiger partial charge is 0.416 e. The van der Waals surface area contributed by atoms with Crippen LogP contribution in [0.2, 0.25) is 0 Å². The maximum absolute atomic E-state index is 12.7. The third-order valence-electron chi connectivity index (χ3n) is 2.82. The number of aliphatic hydroxyl groups is 2. The molecule has 0 bridgehead atoms. The fourth-order valence-corrected chi connectivity index (χ4v) is 1.72. The van der Waals surface area contributed by atoms with Crippen LogP contribution in [-0.4, -0.2) is 33.9 Å². The summed E-state index contributed by atoms with van der Waals surface area (Å²) in [4.78, 5) is 13.3. The second kappa shape index (κ2) is 7.12. The van der Waals surface area contributed by atoms with Gasteiger partial charge in [-0.3, -0.25) is 0 Å². The zero-order valence-corrected chi connectivity index (χ0v) is 11.0. The lowest BCUT2D eigenvalue weighted by molar-refractivity contribution is -0.137. The van der Waals surface area contributed by atoms with Crippen molar-refractivity contribution in [2.45, 2.75) is 24.8 Å². The van der Waals surface area contributed by atoms with Gasteiger partial charge in [0, 0.05) is 11.5 Å². The van der Waals surface area contributed by atoms with E-state index in [-0.39, 0.29) is 18.5 Å². The van der Waals surface area contributed by atoms with Crippen molar-refractivity contribution in [1.82, 2.24) is 0 Å². The number of carbonyl (C=O) groups is 1. The first-order valence-corrected chi connectivity index (χ1v) is 5.99. The number of aromatic carboxylic acids is 1. The lowest BCUT2D eigenvalue weighted by atomic mass is 9.97. The van der Waals surface area contributed by atoms with Crippen LogP contribution in [-0.2, 0) is 6.18 Å². The fourth-order valence-electron chi connectivity index (χ4n) is 1.72. The summed E-state index contributed by atoms with van der Waals surface area (Å²) < 4.78 is 38.2. The van der Waals surface area contributed by atoms with Crippen molar-refractivity contribution < 1.29 is 33.3 Å². The molecule has 0 fully saturated rings. The molecule has 0 aliphatic heterocycles. The number of rotatable bonds is 6. The summed E-state index contributed by atoms with van der Waals surface area (Å²) in [5, 5.41) is 31.5. The molecule has 10 heteroatoms. The summed E-state index contributed by atoms with van der Waals surface area (Å²) >= 11 is 0. The van der Waals surface area contributed by atoms with Gasteiger partial charge in [-0.1, -0.05) is 5.11 Å². The summed E-state index contributed by atoms with van der Waals surface area (Å²) in [6, 6.07) is 1.85. The van der Waals surface area contributed by atoms with Crippen LogP contribution in [0.5, 0.6) is 0 Å². The van der Waals surface area contributed by atoms with Crippen molar-refractivity contribution in [2.24, 2.45) is 5.11 Å². The van der Waals surface area contributed by atoms with Gasteiger partial charge in [0.05, 0.1) is 17.2 Å². The Morgan fingerprint density at radius 1 is 1.32 bits per heavy atom. The van der Waals surface area contributed by atoms with Gasteiger partial charge in [0.1, 0.15) is 6.10 Å². The Bertz CT molecular complexity index is 600. The molecule has 0 spiro atoms. The van der Waals surface area contributed by atoms with Crippen LogP contribution in [0.4, 0.5) is 13.2 Å².